The predicted octanol–water partition coefficient (Wildman–Crippen LogP) is 3.07. The second-order valence-electron chi connectivity index (χ2n) is 12.5. The van der Waals surface area contributed by atoms with Crippen molar-refractivity contribution >= 4 is 29.4 Å². The van der Waals surface area contributed by atoms with Crippen molar-refractivity contribution < 1.29 is 9.53 Å². The highest BCUT2D eigenvalue weighted by atomic mass is 16.5. The third-order valence-corrected chi connectivity index (χ3v) is 9.31. The number of amides is 1. The lowest BCUT2D eigenvalue weighted by atomic mass is 9.88. The van der Waals surface area contributed by atoms with Crippen LogP contribution in [-0.2, 0) is 4.79 Å². The number of likely N-dealkylation sites (N-methyl/N-ethyl adjacent to an activating group) is 1. The predicted molar refractivity (Wildman–Crippen MR) is 167 cm³/mol. The minimum absolute atomic E-state index is 0.0690. The van der Waals surface area contributed by atoms with Crippen LogP contribution in [0.15, 0.2) is 75.2 Å². The Morgan fingerprint density at radius 3 is 3.02 bits per heavy atom. The standard InChI is InChI=1S/C32H39N9O2/c1-21-15-24(16-23-18-32(21,23)43-25-10-14-41-28(17-25)34-20-36-41)37-31-30-27(33-19-35-31)7-6-26(38-30)22-8-12-40(13-9-22)29(42)5-4-11-39(2)3/h4-5,8,10,14,16-17,19-21,23,27,30H,6-7,9,11-13,15,18H2,1-3H3,(H,33,35,37)/b5-4+. The number of hydrogen-bond donors (Lipinski definition) is 1. The Morgan fingerprint density at radius 1 is 1.30 bits per heavy atom. The fourth-order valence-electron chi connectivity index (χ4n) is 6.79. The van der Waals surface area contributed by atoms with Crippen LogP contribution in [0.2, 0.25) is 0 Å². The zero-order valence-corrected chi connectivity index (χ0v) is 25.1. The maximum absolute atomic E-state index is 12.6. The van der Waals surface area contributed by atoms with Crippen LogP contribution in [0, 0.1) is 11.8 Å². The molecule has 5 atom stereocenters. The number of fused-ring (bicyclic) bond motifs is 3. The first kappa shape index (κ1) is 27.7. The number of aromatic nitrogens is 3. The molecule has 11 nitrogen and oxygen atoms in total. The first-order chi connectivity index (χ1) is 20.9. The van der Waals surface area contributed by atoms with Crippen LogP contribution in [0.25, 0.3) is 5.65 Å². The van der Waals surface area contributed by atoms with E-state index in [0.29, 0.717) is 24.9 Å². The van der Waals surface area contributed by atoms with Crippen molar-refractivity contribution in [3.8, 4) is 5.75 Å². The molecule has 1 saturated carbocycles. The van der Waals surface area contributed by atoms with Gasteiger partial charge in [0.05, 0.1) is 6.04 Å². The second-order valence-corrected chi connectivity index (χ2v) is 12.5. The lowest BCUT2D eigenvalue weighted by Crippen LogP contribution is -2.46. The van der Waals surface area contributed by atoms with E-state index in [2.05, 4.69) is 44.5 Å². The quantitative estimate of drug-likeness (QED) is 0.503. The van der Waals surface area contributed by atoms with Gasteiger partial charge in [0.15, 0.2) is 5.65 Å². The van der Waals surface area contributed by atoms with Crippen LogP contribution in [0.4, 0.5) is 0 Å². The Bertz CT molecular complexity index is 1600. The van der Waals surface area contributed by atoms with Crippen molar-refractivity contribution in [3.63, 3.8) is 0 Å². The van der Waals surface area contributed by atoms with E-state index in [0.717, 1.165) is 61.6 Å². The molecule has 0 saturated heterocycles. The molecule has 43 heavy (non-hydrogen) atoms. The molecule has 7 rings (SSSR count). The Labute approximate surface area is 251 Å². The van der Waals surface area contributed by atoms with Gasteiger partial charge in [0.2, 0.25) is 5.91 Å². The second kappa shape index (κ2) is 11.2. The zero-order valence-electron chi connectivity index (χ0n) is 25.1. The van der Waals surface area contributed by atoms with Gasteiger partial charge in [-0.2, -0.15) is 5.10 Å². The Hall–Kier alpha value is -4.12. The summed E-state index contributed by atoms with van der Waals surface area (Å²) in [5.74, 6) is 2.47. The van der Waals surface area contributed by atoms with E-state index < -0.39 is 0 Å². The van der Waals surface area contributed by atoms with Gasteiger partial charge in [-0.25, -0.2) is 14.5 Å². The Balaban J connectivity index is 1.01. The zero-order chi connectivity index (χ0) is 29.6. The number of hydrogen-bond acceptors (Lipinski definition) is 9. The van der Waals surface area contributed by atoms with Crippen molar-refractivity contribution in [2.45, 2.75) is 56.7 Å². The van der Waals surface area contributed by atoms with Crippen LogP contribution in [0.5, 0.6) is 5.75 Å². The molecule has 5 aliphatic rings. The molecule has 1 fully saturated rings. The minimum atomic E-state index is -0.178. The third kappa shape index (κ3) is 5.53. The molecule has 0 bridgehead atoms. The van der Waals surface area contributed by atoms with Gasteiger partial charge < -0.3 is 19.9 Å². The molecule has 0 radical (unpaired) electrons. The molecular formula is C32H39N9O2. The SMILES string of the molecule is CC1CC(NC2=NC=NC3CCC(C4=CCN(C(=O)/C=C/CN(C)C)CC4)=NC23)=CC2CC12Oc1ccn2ncnc2c1. The van der Waals surface area contributed by atoms with Gasteiger partial charge in [0.1, 0.15) is 35.9 Å². The number of rotatable bonds is 7. The summed E-state index contributed by atoms with van der Waals surface area (Å²) in [7, 11) is 3.99. The highest BCUT2D eigenvalue weighted by molar-refractivity contribution is 6.05. The van der Waals surface area contributed by atoms with Crippen molar-refractivity contribution in [1.29, 1.82) is 0 Å². The lowest BCUT2D eigenvalue weighted by molar-refractivity contribution is -0.125. The fourth-order valence-corrected chi connectivity index (χ4v) is 6.79. The molecule has 3 aliphatic heterocycles. The van der Waals surface area contributed by atoms with E-state index in [1.54, 1.807) is 23.3 Å². The number of nitrogens with one attached hydrogen (secondary N) is 1. The largest absolute Gasteiger partial charge is 0.486 e. The molecule has 1 amide bonds. The summed E-state index contributed by atoms with van der Waals surface area (Å²) in [5.41, 5.74) is 4.18. The molecule has 2 aliphatic carbocycles. The molecule has 2 aromatic rings. The molecular weight excluding hydrogens is 542 g/mol. The van der Waals surface area contributed by atoms with E-state index in [1.165, 1.54) is 11.3 Å². The summed E-state index contributed by atoms with van der Waals surface area (Å²) in [6.07, 6.45) is 17.8. The maximum atomic E-state index is 12.6. The van der Waals surface area contributed by atoms with Gasteiger partial charge in [0, 0.05) is 61.2 Å². The van der Waals surface area contributed by atoms with Crippen LogP contribution in [-0.4, -0.2) is 99.6 Å². The fraction of sp³-hybridized carbons (Fsp3) is 0.500. The monoisotopic (exact) mass is 581 g/mol. The number of ether oxygens (including phenoxy) is 1. The Morgan fingerprint density at radius 2 is 2.21 bits per heavy atom. The highest BCUT2D eigenvalue weighted by Crippen LogP contribution is 2.57. The van der Waals surface area contributed by atoms with Gasteiger partial charge in [-0.05, 0) is 57.8 Å². The summed E-state index contributed by atoms with van der Waals surface area (Å²) in [6, 6.07) is 3.91. The van der Waals surface area contributed by atoms with Crippen molar-refractivity contribution in [3.05, 3.63) is 60.2 Å². The van der Waals surface area contributed by atoms with Crippen molar-refractivity contribution in [2.24, 2.45) is 26.8 Å². The maximum Gasteiger partial charge on any atom is 0.246 e. The van der Waals surface area contributed by atoms with Crippen LogP contribution in [0.1, 0.15) is 39.0 Å². The van der Waals surface area contributed by atoms with Gasteiger partial charge in [-0.15, -0.1) is 0 Å². The smallest absolute Gasteiger partial charge is 0.246 e. The molecule has 2 aromatic heterocycles. The topological polar surface area (TPSA) is 112 Å². The van der Waals surface area contributed by atoms with Crippen molar-refractivity contribution in [1.82, 2.24) is 29.7 Å². The summed E-state index contributed by atoms with van der Waals surface area (Å²) >= 11 is 0. The number of carbonyl (C=O) groups excluding carboxylic acids is 1. The molecule has 11 heteroatoms. The van der Waals surface area contributed by atoms with E-state index in [4.69, 9.17) is 9.73 Å². The summed E-state index contributed by atoms with van der Waals surface area (Å²) in [5, 5.41) is 7.85. The molecule has 5 unspecified atom stereocenters. The Kier molecular flexibility index (Phi) is 7.20. The van der Waals surface area contributed by atoms with E-state index in [1.807, 2.05) is 48.3 Å². The number of nitrogens with zero attached hydrogens (tertiary/aromatic N) is 8. The van der Waals surface area contributed by atoms with Gasteiger partial charge >= 0.3 is 0 Å². The summed E-state index contributed by atoms with van der Waals surface area (Å²) in [6.45, 7) is 4.36. The van der Waals surface area contributed by atoms with E-state index >= 15 is 0 Å². The number of amidine groups is 1. The average Bonchev–Trinajstić information content (AvgIpc) is 3.51. The van der Waals surface area contributed by atoms with Crippen LogP contribution in [0.3, 0.4) is 0 Å². The number of carbonyl (C=O) groups is 1. The van der Waals surface area contributed by atoms with Crippen molar-refractivity contribution in [2.75, 3.05) is 33.7 Å². The first-order valence-corrected chi connectivity index (χ1v) is 15.3. The van der Waals surface area contributed by atoms with E-state index in [-0.39, 0.29) is 23.6 Å². The average molecular weight is 582 g/mol. The van der Waals surface area contributed by atoms with E-state index in [9.17, 15) is 4.79 Å². The molecule has 224 valence electrons. The molecule has 5 heterocycles. The first-order valence-electron chi connectivity index (χ1n) is 15.3. The van der Waals surface area contributed by atoms with Crippen LogP contribution >= 0.6 is 0 Å². The van der Waals surface area contributed by atoms with Gasteiger partial charge in [0.25, 0.3) is 0 Å². The number of allylic oxidation sites excluding steroid dienone is 1. The van der Waals surface area contributed by atoms with Gasteiger partial charge in [-0.1, -0.05) is 25.2 Å². The number of aliphatic imine (C=N–C) groups is 3. The summed E-state index contributed by atoms with van der Waals surface area (Å²) in [4.78, 5) is 35.4. The molecule has 1 N–H and O–H groups in total. The lowest BCUT2D eigenvalue weighted by Gasteiger charge is -2.34. The van der Waals surface area contributed by atoms with Gasteiger partial charge in [-0.3, -0.25) is 14.8 Å². The molecule has 0 aromatic carbocycles. The minimum Gasteiger partial charge on any atom is -0.486 e. The highest BCUT2D eigenvalue weighted by Gasteiger charge is 2.61. The third-order valence-electron chi connectivity index (χ3n) is 9.31. The normalized spacial score (nSPS) is 29.9. The summed E-state index contributed by atoms with van der Waals surface area (Å²) < 4.78 is 8.34. The van der Waals surface area contributed by atoms with Crippen LogP contribution < -0.4 is 10.1 Å². The number of pyridine rings is 1. The molecule has 0 spiro atoms.